The molecule has 2 aromatic rings. The Kier molecular flexibility index (Phi) is 6.77. The average molecular weight is 403 g/mol. The first-order valence-corrected chi connectivity index (χ1v) is 9.17. The normalized spacial score (nSPS) is 11.8. The van der Waals surface area contributed by atoms with Crippen molar-refractivity contribution >= 4 is 21.8 Å². The minimum absolute atomic E-state index is 0.0202. The van der Waals surface area contributed by atoms with Gasteiger partial charge in [0.1, 0.15) is 0 Å². The van der Waals surface area contributed by atoms with E-state index in [1.807, 2.05) is 49.7 Å². The summed E-state index contributed by atoms with van der Waals surface area (Å²) in [5.41, 5.74) is 4.13. The lowest BCUT2D eigenvalue weighted by Gasteiger charge is -2.16. The minimum atomic E-state index is -0.0522. The Balaban J connectivity index is 1.95. The van der Waals surface area contributed by atoms with Crippen LogP contribution in [0.4, 0.5) is 0 Å². The van der Waals surface area contributed by atoms with Gasteiger partial charge >= 0.3 is 0 Å². The van der Waals surface area contributed by atoms with E-state index in [1.165, 1.54) is 0 Å². The zero-order chi connectivity index (χ0) is 18.4. The first-order valence-electron chi connectivity index (χ1n) is 8.37. The van der Waals surface area contributed by atoms with Crippen LogP contribution in [0.2, 0.25) is 0 Å². The van der Waals surface area contributed by atoms with Crippen LogP contribution in [-0.4, -0.2) is 15.7 Å². The molecule has 1 amide bonds. The minimum Gasteiger partial charge on any atom is -0.350 e. The van der Waals surface area contributed by atoms with Crippen LogP contribution in [-0.2, 0) is 17.8 Å². The number of carbonyl (C=O) groups excluding carboxylic acids is 1. The van der Waals surface area contributed by atoms with Crippen molar-refractivity contribution in [2.45, 2.75) is 52.6 Å². The Hall–Kier alpha value is -2.13. The van der Waals surface area contributed by atoms with Gasteiger partial charge in [0.15, 0.2) is 0 Å². The molecule has 0 aliphatic carbocycles. The molecule has 1 aromatic carbocycles. The van der Waals surface area contributed by atoms with E-state index >= 15 is 0 Å². The molecule has 0 spiro atoms. The van der Waals surface area contributed by atoms with E-state index in [2.05, 4.69) is 32.4 Å². The number of halogens is 1. The van der Waals surface area contributed by atoms with E-state index in [0.717, 1.165) is 27.0 Å². The second kappa shape index (κ2) is 8.82. The van der Waals surface area contributed by atoms with Crippen molar-refractivity contribution in [2.75, 3.05) is 0 Å². The fourth-order valence-corrected chi connectivity index (χ4v) is 3.55. The summed E-state index contributed by atoms with van der Waals surface area (Å²) in [5, 5.41) is 16.2. The molecule has 0 bridgehead atoms. The van der Waals surface area contributed by atoms with Crippen LogP contribution in [0.15, 0.2) is 28.7 Å². The number of hydrogen-bond acceptors (Lipinski definition) is 3. The van der Waals surface area contributed by atoms with Crippen molar-refractivity contribution in [3.05, 3.63) is 51.3 Å². The summed E-state index contributed by atoms with van der Waals surface area (Å²) in [6.07, 6.45) is 1.50. The van der Waals surface area contributed by atoms with E-state index in [-0.39, 0.29) is 11.9 Å². The fourth-order valence-electron chi connectivity index (χ4n) is 2.93. The van der Waals surface area contributed by atoms with Crippen LogP contribution in [0, 0.1) is 25.2 Å². The molecule has 2 rings (SSSR count). The number of nitrogens with zero attached hydrogens (tertiary/aromatic N) is 3. The van der Waals surface area contributed by atoms with Gasteiger partial charge in [0.25, 0.3) is 0 Å². The van der Waals surface area contributed by atoms with Gasteiger partial charge < -0.3 is 5.32 Å². The molecule has 0 saturated heterocycles. The van der Waals surface area contributed by atoms with Crippen LogP contribution in [0.1, 0.15) is 48.3 Å². The summed E-state index contributed by atoms with van der Waals surface area (Å²) >= 11 is 3.52. The van der Waals surface area contributed by atoms with Crippen molar-refractivity contribution < 1.29 is 4.79 Å². The highest BCUT2D eigenvalue weighted by Crippen LogP contribution is 2.23. The third-order valence-corrected chi connectivity index (χ3v) is 5.04. The maximum atomic E-state index is 12.3. The van der Waals surface area contributed by atoms with Crippen molar-refractivity contribution in [3.63, 3.8) is 0 Å². The van der Waals surface area contributed by atoms with Gasteiger partial charge in [-0.05, 0) is 44.4 Å². The van der Waals surface area contributed by atoms with Gasteiger partial charge in [0.2, 0.25) is 5.91 Å². The Labute approximate surface area is 157 Å². The SMILES string of the molecule is Cc1nn(CCC#N)c(C)c1CCC(=O)NC(C)c1ccccc1Br. The van der Waals surface area contributed by atoms with Crippen LogP contribution in [0.3, 0.4) is 0 Å². The molecule has 0 aliphatic heterocycles. The largest absolute Gasteiger partial charge is 0.350 e. The second-order valence-corrected chi connectivity index (χ2v) is 6.95. The number of aromatic nitrogens is 2. The standard InChI is InChI=1S/C19H23BrN4O/c1-13(17-7-4-5-8-18(17)20)22-19(25)10-9-16-14(2)23-24(15(16)3)12-6-11-21/h4-5,7-8,13H,6,9-10,12H2,1-3H3,(H,22,25). The lowest BCUT2D eigenvalue weighted by atomic mass is 10.1. The monoisotopic (exact) mass is 402 g/mol. The van der Waals surface area contributed by atoms with E-state index in [9.17, 15) is 4.79 Å². The summed E-state index contributed by atoms with van der Waals surface area (Å²) in [6, 6.07) is 9.98. The van der Waals surface area contributed by atoms with Crippen LogP contribution >= 0.6 is 15.9 Å². The molecule has 25 heavy (non-hydrogen) atoms. The summed E-state index contributed by atoms with van der Waals surface area (Å²) in [6.45, 7) is 6.52. The van der Waals surface area contributed by atoms with Gasteiger partial charge in [-0.3, -0.25) is 9.48 Å². The zero-order valence-electron chi connectivity index (χ0n) is 14.8. The third kappa shape index (κ3) is 4.93. The highest BCUT2D eigenvalue weighted by atomic mass is 79.9. The van der Waals surface area contributed by atoms with Crippen LogP contribution in [0.5, 0.6) is 0 Å². The number of amides is 1. The van der Waals surface area contributed by atoms with Gasteiger partial charge in [-0.15, -0.1) is 0 Å². The molecular weight excluding hydrogens is 380 g/mol. The molecule has 0 radical (unpaired) electrons. The maximum absolute atomic E-state index is 12.3. The van der Waals surface area contributed by atoms with Gasteiger partial charge in [0.05, 0.1) is 30.8 Å². The van der Waals surface area contributed by atoms with E-state index in [0.29, 0.717) is 25.8 Å². The number of aryl methyl sites for hydroxylation is 2. The Morgan fingerprint density at radius 3 is 2.80 bits per heavy atom. The zero-order valence-corrected chi connectivity index (χ0v) is 16.4. The summed E-state index contributed by atoms with van der Waals surface area (Å²) in [5.74, 6) is 0.0202. The molecule has 1 unspecified atom stereocenters. The lowest BCUT2D eigenvalue weighted by Crippen LogP contribution is -2.27. The Morgan fingerprint density at radius 2 is 2.12 bits per heavy atom. The quantitative estimate of drug-likeness (QED) is 0.760. The number of hydrogen-bond donors (Lipinski definition) is 1. The molecule has 6 heteroatoms. The Bertz CT molecular complexity index is 791. The maximum Gasteiger partial charge on any atom is 0.220 e. The van der Waals surface area contributed by atoms with E-state index < -0.39 is 0 Å². The van der Waals surface area contributed by atoms with Crippen molar-refractivity contribution in [1.82, 2.24) is 15.1 Å². The first-order chi connectivity index (χ1) is 11.9. The van der Waals surface area contributed by atoms with Gasteiger partial charge in [-0.25, -0.2) is 0 Å². The highest BCUT2D eigenvalue weighted by Gasteiger charge is 2.15. The molecule has 0 saturated carbocycles. The second-order valence-electron chi connectivity index (χ2n) is 6.09. The van der Waals surface area contributed by atoms with Gasteiger partial charge in [0, 0.05) is 16.6 Å². The number of carbonyl (C=O) groups is 1. The molecule has 0 aliphatic rings. The molecule has 1 aromatic heterocycles. The van der Waals surface area contributed by atoms with Crippen molar-refractivity contribution in [2.24, 2.45) is 0 Å². The van der Waals surface area contributed by atoms with Crippen molar-refractivity contribution in [3.8, 4) is 6.07 Å². The molecule has 1 atom stereocenters. The highest BCUT2D eigenvalue weighted by molar-refractivity contribution is 9.10. The first kappa shape index (κ1) is 19.2. The lowest BCUT2D eigenvalue weighted by molar-refractivity contribution is -0.121. The number of nitriles is 1. The summed E-state index contributed by atoms with van der Waals surface area (Å²) in [4.78, 5) is 12.3. The van der Waals surface area contributed by atoms with E-state index in [4.69, 9.17) is 5.26 Å². The fraction of sp³-hybridized carbons (Fsp3) is 0.421. The molecular formula is C19H23BrN4O. The molecule has 0 fully saturated rings. The predicted molar refractivity (Wildman–Crippen MR) is 101 cm³/mol. The summed E-state index contributed by atoms with van der Waals surface area (Å²) < 4.78 is 2.85. The van der Waals surface area contributed by atoms with Gasteiger partial charge in [-0.2, -0.15) is 10.4 Å². The molecule has 5 nitrogen and oxygen atoms in total. The van der Waals surface area contributed by atoms with E-state index in [1.54, 1.807) is 0 Å². The Morgan fingerprint density at radius 1 is 1.40 bits per heavy atom. The van der Waals surface area contributed by atoms with Crippen LogP contribution in [0.25, 0.3) is 0 Å². The number of benzene rings is 1. The number of rotatable bonds is 7. The third-order valence-electron chi connectivity index (χ3n) is 4.32. The average Bonchev–Trinajstić information content (AvgIpc) is 2.85. The smallest absolute Gasteiger partial charge is 0.220 e. The number of nitrogens with one attached hydrogen (secondary N) is 1. The molecule has 1 N–H and O–H groups in total. The van der Waals surface area contributed by atoms with Gasteiger partial charge in [-0.1, -0.05) is 34.1 Å². The van der Waals surface area contributed by atoms with Crippen LogP contribution < -0.4 is 5.32 Å². The topological polar surface area (TPSA) is 70.7 Å². The molecule has 1 heterocycles. The predicted octanol–water partition coefficient (Wildman–Crippen LogP) is 3.99. The van der Waals surface area contributed by atoms with Crippen molar-refractivity contribution in [1.29, 1.82) is 5.26 Å². The molecule has 132 valence electrons. The summed E-state index contributed by atoms with van der Waals surface area (Å²) in [7, 11) is 0.